The molecule has 0 saturated carbocycles. The molecule has 0 unspecified atom stereocenters. The zero-order valence-corrected chi connectivity index (χ0v) is 14.2. The number of nitrogens with zero attached hydrogens (tertiary/aromatic N) is 5. The zero-order valence-electron chi connectivity index (χ0n) is 14.2. The summed E-state index contributed by atoms with van der Waals surface area (Å²) in [5, 5.41) is 4.37. The van der Waals surface area contributed by atoms with Crippen LogP contribution >= 0.6 is 0 Å². The summed E-state index contributed by atoms with van der Waals surface area (Å²) in [6, 6.07) is 8.73. The van der Waals surface area contributed by atoms with Gasteiger partial charge in [0.1, 0.15) is 5.82 Å². The Morgan fingerprint density at radius 1 is 0.960 bits per heavy atom. The molecule has 0 radical (unpaired) electrons. The molecular weight excluding hydrogens is 317 g/mol. The Morgan fingerprint density at radius 2 is 1.72 bits per heavy atom. The van der Waals surface area contributed by atoms with Crippen molar-refractivity contribution in [3.05, 3.63) is 65.9 Å². The Kier molecular flexibility index (Phi) is 4.72. The normalized spacial score (nSPS) is 17.0. The predicted octanol–water partition coefficient (Wildman–Crippen LogP) is 2.58. The van der Waals surface area contributed by atoms with E-state index in [1.54, 1.807) is 0 Å². The monoisotopic (exact) mass is 339 g/mol. The van der Waals surface area contributed by atoms with Crippen LogP contribution in [0.25, 0.3) is 5.65 Å². The third-order valence-corrected chi connectivity index (χ3v) is 4.75. The predicted molar refractivity (Wildman–Crippen MR) is 94.6 cm³/mol. The van der Waals surface area contributed by atoms with Crippen molar-refractivity contribution in [2.75, 3.05) is 26.2 Å². The molecule has 1 fully saturated rings. The van der Waals surface area contributed by atoms with Crippen LogP contribution in [0, 0.1) is 5.82 Å². The molecule has 3 heterocycles. The highest BCUT2D eigenvalue weighted by Crippen LogP contribution is 2.14. The number of fused-ring (bicyclic) bond motifs is 1. The van der Waals surface area contributed by atoms with Crippen LogP contribution < -0.4 is 0 Å². The smallest absolute Gasteiger partial charge is 0.159 e. The Bertz CT molecular complexity index is 829. The Morgan fingerprint density at radius 3 is 2.52 bits per heavy atom. The van der Waals surface area contributed by atoms with Crippen molar-refractivity contribution in [1.29, 1.82) is 0 Å². The summed E-state index contributed by atoms with van der Waals surface area (Å²) in [4.78, 5) is 9.36. The summed E-state index contributed by atoms with van der Waals surface area (Å²) in [7, 11) is 0. The number of rotatable bonds is 4. The second-order valence-electron chi connectivity index (χ2n) is 6.59. The fourth-order valence-corrected chi connectivity index (χ4v) is 3.42. The Balaban J connectivity index is 1.37. The van der Waals surface area contributed by atoms with Crippen molar-refractivity contribution in [3.63, 3.8) is 0 Å². The number of hydrogen-bond donors (Lipinski definition) is 0. The number of benzene rings is 1. The van der Waals surface area contributed by atoms with Gasteiger partial charge in [-0.2, -0.15) is 5.10 Å². The molecule has 0 N–H and O–H groups in total. The topological polar surface area (TPSA) is 36.7 Å². The lowest BCUT2D eigenvalue weighted by Crippen LogP contribution is -2.30. The lowest BCUT2D eigenvalue weighted by atomic mass is 10.2. The molecular formula is C19H22FN5. The second kappa shape index (κ2) is 7.29. The minimum absolute atomic E-state index is 0.173. The van der Waals surface area contributed by atoms with Gasteiger partial charge in [-0.15, -0.1) is 0 Å². The van der Waals surface area contributed by atoms with E-state index in [1.165, 1.54) is 23.3 Å². The zero-order chi connectivity index (χ0) is 17.1. The molecule has 130 valence electrons. The van der Waals surface area contributed by atoms with Gasteiger partial charge in [-0.1, -0.05) is 12.1 Å². The molecule has 1 aromatic carbocycles. The van der Waals surface area contributed by atoms with Crippen LogP contribution in [0.2, 0.25) is 0 Å². The molecule has 1 aliphatic heterocycles. The summed E-state index contributed by atoms with van der Waals surface area (Å²) >= 11 is 0. The Hall–Kier alpha value is -2.31. The van der Waals surface area contributed by atoms with Crippen molar-refractivity contribution < 1.29 is 4.39 Å². The fraction of sp³-hybridized carbons (Fsp3) is 0.368. The molecule has 5 nitrogen and oxygen atoms in total. The van der Waals surface area contributed by atoms with Gasteiger partial charge in [0.15, 0.2) is 5.65 Å². The first-order valence-corrected chi connectivity index (χ1v) is 8.74. The van der Waals surface area contributed by atoms with E-state index in [0.29, 0.717) is 0 Å². The van der Waals surface area contributed by atoms with Gasteiger partial charge >= 0.3 is 0 Å². The van der Waals surface area contributed by atoms with Crippen LogP contribution in [-0.4, -0.2) is 50.6 Å². The summed E-state index contributed by atoms with van der Waals surface area (Å²) in [5.41, 5.74) is 3.28. The minimum atomic E-state index is -0.173. The molecule has 1 aliphatic rings. The van der Waals surface area contributed by atoms with Gasteiger partial charge < -0.3 is 0 Å². The van der Waals surface area contributed by atoms with Crippen LogP contribution in [0.4, 0.5) is 4.39 Å². The molecule has 4 rings (SSSR count). The maximum Gasteiger partial charge on any atom is 0.159 e. The van der Waals surface area contributed by atoms with E-state index in [4.69, 9.17) is 0 Å². The van der Waals surface area contributed by atoms with Crippen molar-refractivity contribution in [2.24, 2.45) is 0 Å². The summed E-state index contributed by atoms with van der Waals surface area (Å²) in [6.07, 6.45) is 6.80. The van der Waals surface area contributed by atoms with E-state index in [2.05, 4.69) is 19.9 Å². The van der Waals surface area contributed by atoms with Gasteiger partial charge in [0.2, 0.25) is 0 Å². The quantitative estimate of drug-likeness (QED) is 0.732. The van der Waals surface area contributed by atoms with Crippen molar-refractivity contribution >= 4 is 5.65 Å². The van der Waals surface area contributed by atoms with Crippen LogP contribution in [0.5, 0.6) is 0 Å². The maximum absolute atomic E-state index is 13.0. The molecule has 6 heteroatoms. The Labute approximate surface area is 146 Å². The molecule has 25 heavy (non-hydrogen) atoms. The molecule has 0 amide bonds. The largest absolute Gasteiger partial charge is 0.298 e. The first kappa shape index (κ1) is 16.2. The molecule has 1 saturated heterocycles. The maximum atomic E-state index is 13.0. The number of hydrogen-bond acceptors (Lipinski definition) is 4. The van der Waals surface area contributed by atoms with E-state index in [9.17, 15) is 4.39 Å². The van der Waals surface area contributed by atoms with Gasteiger partial charge in [-0.25, -0.2) is 13.9 Å². The molecule has 0 spiro atoms. The lowest BCUT2D eigenvalue weighted by Gasteiger charge is -2.21. The highest BCUT2D eigenvalue weighted by atomic mass is 19.1. The van der Waals surface area contributed by atoms with Crippen LogP contribution in [0.3, 0.4) is 0 Å². The van der Waals surface area contributed by atoms with E-state index in [-0.39, 0.29) is 5.82 Å². The summed E-state index contributed by atoms with van der Waals surface area (Å²) in [6.45, 7) is 5.94. The molecule has 3 aromatic rings. The minimum Gasteiger partial charge on any atom is -0.298 e. The standard InChI is InChI=1S/C19H22FN5/c20-18-5-3-16(4-6-18)14-23-8-2-9-24(12-11-23)15-17-13-22-25-10-1-7-21-19(17)25/h1,3-7,10,13H,2,8-9,11-12,14-15H2. The van der Waals surface area contributed by atoms with Crippen molar-refractivity contribution in [2.45, 2.75) is 19.5 Å². The SMILES string of the molecule is Fc1ccc(CN2CCCN(Cc3cnn4cccnc34)CC2)cc1. The molecule has 0 aliphatic carbocycles. The van der Waals surface area contributed by atoms with Gasteiger partial charge in [0, 0.05) is 44.1 Å². The van der Waals surface area contributed by atoms with E-state index in [0.717, 1.165) is 51.3 Å². The average Bonchev–Trinajstić information content (AvgIpc) is 2.90. The first-order chi connectivity index (χ1) is 12.3. The lowest BCUT2D eigenvalue weighted by molar-refractivity contribution is 0.247. The van der Waals surface area contributed by atoms with E-state index in [1.807, 2.05) is 41.3 Å². The number of aromatic nitrogens is 3. The van der Waals surface area contributed by atoms with Crippen molar-refractivity contribution in [3.8, 4) is 0 Å². The van der Waals surface area contributed by atoms with Crippen LogP contribution in [-0.2, 0) is 13.1 Å². The summed E-state index contributed by atoms with van der Waals surface area (Å²) in [5.74, 6) is -0.173. The third-order valence-electron chi connectivity index (χ3n) is 4.75. The highest BCUT2D eigenvalue weighted by molar-refractivity contribution is 5.45. The van der Waals surface area contributed by atoms with Gasteiger partial charge in [0.25, 0.3) is 0 Å². The average molecular weight is 339 g/mol. The first-order valence-electron chi connectivity index (χ1n) is 8.74. The molecule has 2 aromatic heterocycles. The van der Waals surface area contributed by atoms with Crippen LogP contribution in [0.15, 0.2) is 48.9 Å². The van der Waals surface area contributed by atoms with Crippen molar-refractivity contribution in [1.82, 2.24) is 24.4 Å². The molecule has 0 bridgehead atoms. The van der Waals surface area contributed by atoms with Gasteiger partial charge in [-0.3, -0.25) is 9.80 Å². The summed E-state index contributed by atoms with van der Waals surface area (Å²) < 4.78 is 14.9. The highest BCUT2D eigenvalue weighted by Gasteiger charge is 2.17. The van der Waals surface area contributed by atoms with E-state index >= 15 is 0 Å². The van der Waals surface area contributed by atoms with Crippen LogP contribution in [0.1, 0.15) is 17.5 Å². The third kappa shape index (κ3) is 3.86. The van der Waals surface area contributed by atoms with Gasteiger partial charge in [0.05, 0.1) is 6.20 Å². The molecule has 0 atom stereocenters. The fourth-order valence-electron chi connectivity index (χ4n) is 3.42. The second-order valence-corrected chi connectivity index (χ2v) is 6.59. The van der Waals surface area contributed by atoms with Gasteiger partial charge in [-0.05, 0) is 43.3 Å². The van der Waals surface area contributed by atoms with E-state index < -0.39 is 0 Å². The number of halogens is 1.